The van der Waals surface area contributed by atoms with Gasteiger partial charge in [-0.2, -0.15) is 0 Å². The molecule has 34 heavy (non-hydrogen) atoms. The van der Waals surface area contributed by atoms with Gasteiger partial charge in [0.15, 0.2) is 11.0 Å². The van der Waals surface area contributed by atoms with Crippen molar-refractivity contribution in [2.24, 2.45) is 5.73 Å². The Kier molecular flexibility index (Phi) is 8.52. The van der Waals surface area contributed by atoms with Crippen LogP contribution in [0, 0.1) is 0 Å². The van der Waals surface area contributed by atoms with E-state index in [2.05, 4.69) is 53.0 Å². The number of hydrogen-bond acceptors (Lipinski definition) is 6. The van der Waals surface area contributed by atoms with E-state index in [0.29, 0.717) is 19.0 Å². The third-order valence-corrected chi connectivity index (χ3v) is 6.02. The molecular formula is C26H35N5O2S. The van der Waals surface area contributed by atoms with Crippen molar-refractivity contribution in [1.82, 2.24) is 20.1 Å². The summed E-state index contributed by atoms with van der Waals surface area (Å²) in [5.41, 5.74) is 7.21. The number of ether oxygens (including phenoxy) is 1. The van der Waals surface area contributed by atoms with Crippen molar-refractivity contribution in [3.63, 3.8) is 0 Å². The van der Waals surface area contributed by atoms with Gasteiger partial charge in [0.1, 0.15) is 6.04 Å². The van der Waals surface area contributed by atoms with Crippen LogP contribution in [0.4, 0.5) is 0 Å². The van der Waals surface area contributed by atoms with E-state index in [4.69, 9.17) is 10.5 Å². The fraction of sp³-hybridized carbons (Fsp3) is 0.423. The fourth-order valence-electron chi connectivity index (χ4n) is 3.22. The molecule has 0 radical (unpaired) electrons. The summed E-state index contributed by atoms with van der Waals surface area (Å²) in [6.45, 7) is 11.0. The van der Waals surface area contributed by atoms with Crippen molar-refractivity contribution < 1.29 is 9.53 Å². The molecule has 3 rings (SSSR count). The summed E-state index contributed by atoms with van der Waals surface area (Å²) in [4.78, 5) is 12.8. The molecule has 0 aliphatic rings. The zero-order valence-electron chi connectivity index (χ0n) is 20.6. The van der Waals surface area contributed by atoms with Gasteiger partial charge in [0.2, 0.25) is 5.91 Å². The van der Waals surface area contributed by atoms with Crippen LogP contribution in [0.1, 0.15) is 57.6 Å². The second kappa shape index (κ2) is 11.2. The molecule has 1 amide bonds. The summed E-state index contributed by atoms with van der Waals surface area (Å²) in [5.74, 6) is 0.362. The Bertz CT molecular complexity index is 1060. The number of thioether (sulfide) groups is 1. The lowest BCUT2D eigenvalue weighted by molar-refractivity contribution is -0.126. The lowest BCUT2D eigenvalue weighted by atomic mass is 10.1. The van der Waals surface area contributed by atoms with Crippen LogP contribution < -0.4 is 11.1 Å². The van der Waals surface area contributed by atoms with Crippen LogP contribution in [0.25, 0.3) is 0 Å². The molecule has 0 aliphatic carbocycles. The van der Waals surface area contributed by atoms with Crippen LogP contribution in [0.2, 0.25) is 0 Å². The molecule has 0 saturated carbocycles. The van der Waals surface area contributed by atoms with Crippen LogP contribution in [-0.4, -0.2) is 37.6 Å². The maximum absolute atomic E-state index is 12.8. The quantitative estimate of drug-likeness (QED) is 0.419. The Labute approximate surface area is 206 Å². The minimum Gasteiger partial charge on any atom is -0.374 e. The minimum absolute atomic E-state index is 0.0550. The molecule has 2 aromatic carbocycles. The molecule has 0 bridgehead atoms. The molecule has 1 aromatic heterocycles. The maximum atomic E-state index is 12.8. The largest absolute Gasteiger partial charge is 0.374 e. The van der Waals surface area contributed by atoms with Crippen molar-refractivity contribution in [2.45, 2.75) is 69.3 Å². The van der Waals surface area contributed by atoms with Crippen molar-refractivity contribution in [3.05, 3.63) is 77.6 Å². The number of carbonyl (C=O) groups is 1. The Morgan fingerprint density at radius 1 is 1.00 bits per heavy atom. The first-order chi connectivity index (χ1) is 16.0. The molecule has 1 atom stereocenters. The van der Waals surface area contributed by atoms with Crippen molar-refractivity contribution >= 4 is 17.7 Å². The molecule has 0 spiro atoms. The van der Waals surface area contributed by atoms with E-state index in [-0.39, 0.29) is 17.3 Å². The van der Waals surface area contributed by atoms with E-state index in [1.165, 1.54) is 0 Å². The molecule has 7 nitrogen and oxygen atoms in total. The molecule has 3 N–H and O–H groups in total. The van der Waals surface area contributed by atoms with Crippen molar-refractivity contribution in [1.29, 1.82) is 0 Å². The summed E-state index contributed by atoms with van der Waals surface area (Å²) in [5, 5.41) is 12.8. The van der Waals surface area contributed by atoms with E-state index in [1.54, 1.807) is 25.6 Å². The van der Waals surface area contributed by atoms with Crippen LogP contribution in [0.15, 0.2) is 65.8 Å². The SMILES string of the molecule is CC(C)(C)Sc1nnc(C(COCc2ccccc2)NC(=O)C(C)(C)N)n1Cc1ccccc1. The summed E-state index contributed by atoms with van der Waals surface area (Å²) in [6, 6.07) is 19.6. The fourth-order valence-corrected chi connectivity index (χ4v) is 4.11. The van der Waals surface area contributed by atoms with Crippen LogP contribution >= 0.6 is 11.8 Å². The number of carbonyl (C=O) groups excluding carboxylic acids is 1. The highest BCUT2D eigenvalue weighted by atomic mass is 32.2. The zero-order valence-corrected chi connectivity index (χ0v) is 21.4. The number of aromatic nitrogens is 3. The molecule has 0 fully saturated rings. The summed E-state index contributed by atoms with van der Waals surface area (Å²) in [7, 11) is 0. The van der Waals surface area contributed by atoms with E-state index in [9.17, 15) is 4.79 Å². The number of benzene rings is 2. The average molecular weight is 482 g/mol. The summed E-state index contributed by atoms with van der Waals surface area (Å²) in [6.07, 6.45) is 0. The highest BCUT2D eigenvalue weighted by Gasteiger charge is 2.30. The van der Waals surface area contributed by atoms with E-state index in [0.717, 1.165) is 16.3 Å². The normalized spacial score (nSPS) is 13.0. The average Bonchev–Trinajstić information content (AvgIpc) is 3.14. The predicted octanol–water partition coefficient (Wildman–Crippen LogP) is 4.33. The van der Waals surface area contributed by atoms with Crippen LogP contribution in [-0.2, 0) is 22.7 Å². The van der Waals surface area contributed by atoms with Gasteiger partial charge in [-0.1, -0.05) is 93.2 Å². The molecule has 1 unspecified atom stereocenters. The molecule has 0 saturated heterocycles. The van der Waals surface area contributed by atoms with Gasteiger partial charge in [-0.15, -0.1) is 10.2 Å². The Morgan fingerprint density at radius 3 is 2.15 bits per heavy atom. The monoisotopic (exact) mass is 481 g/mol. The van der Waals surface area contributed by atoms with Gasteiger partial charge in [-0.3, -0.25) is 9.36 Å². The lowest BCUT2D eigenvalue weighted by Gasteiger charge is -2.25. The van der Waals surface area contributed by atoms with Crippen LogP contribution in [0.5, 0.6) is 0 Å². The topological polar surface area (TPSA) is 95.1 Å². The lowest BCUT2D eigenvalue weighted by Crippen LogP contribution is -2.51. The number of nitrogens with one attached hydrogen (secondary N) is 1. The predicted molar refractivity (Wildman–Crippen MR) is 136 cm³/mol. The summed E-state index contributed by atoms with van der Waals surface area (Å²) >= 11 is 1.64. The molecule has 182 valence electrons. The third-order valence-electron chi connectivity index (χ3n) is 4.92. The Hall–Kier alpha value is -2.68. The third kappa shape index (κ3) is 7.68. The number of rotatable bonds is 10. The highest BCUT2D eigenvalue weighted by molar-refractivity contribution is 8.00. The number of nitrogens with two attached hydrogens (primary N) is 1. The van der Waals surface area contributed by atoms with Crippen molar-refractivity contribution in [2.75, 3.05) is 6.61 Å². The molecule has 8 heteroatoms. The second-order valence-corrected chi connectivity index (χ2v) is 11.7. The Morgan fingerprint density at radius 2 is 1.59 bits per heavy atom. The highest BCUT2D eigenvalue weighted by Crippen LogP contribution is 2.32. The smallest absolute Gasteiger partial charge is 0.240 e. The Balaban J connectivity index is 1.92. The van der Waals surface area contributed by atoms with Gasteiger partial charge in [-0.25, -0.2) is 0 Å². The van der Waals surface area contributed by atoms with Gasteiger partial charge in [-0.05, 0) is 25.0 Å². The first-order valence-corrected chi connectivity index (χ1v) is 12.2. The number of nitrogens with zero attached hydrogens (tertiary/aromatic N) is 3. The van der Waals surface area contributed by atoms with E-state index >= 15 is 0 Å². The molecule has 0 aliphatic heterocycles. The zero-order chi connectivity index (χ0) is 24.8. The molecule has 1 heterocycles. The standard InChI is InChI=1S/C26H35N5O2S/c1-25(2,3)34-24-30-29-22(31(24)16-19-12-8-6-9-13-19)21(28-23(32)26(4,5)27)18-33-17-20-14-10-7-11-15-20/h6-15,21H,16-18,27H2,1-5H3,(H,28,32). The van der Waals surface area contributed by atoms with E-state index in [1.807, 2.05) is 48.5 Å². The van der Waals surface area contributed by atoms with Gasteiger partial charge in [0, 0.05) is 4.75 Å². The first kappa shape index (κ1) is 25.9. The number of hydrogen-bond donors (Lipinski definition) is 2. The minimum atomic E-state index is -1.04. The maximum Gasteiger partial charge on any atom is 0.240 e. The van der Waals surface area contributed by atoms with Gasteiger partial charge in [0.05, 0.1) is 25.3 Å². The van der Waals surface area contributed by atoms with Crippen molar-refractivity contribution in [3.8, 4) is 0 Å². The van der Waals surface area contributed by atoms with Gasteiger partial charge in [0.25, 0.3) is 0 Å². The van der Waals surface area contributed by atoms with Crippen LogP contribution in [0.3, 0.4) is 0 Å². The van der Waals surface area contributed by atoms with Gasteiger partial charge < -0.3 is 15.8 Å². The summed E-state index contributed by atoms with van der Waals surface area (Å²) < 4.78 is 8.03. The molecular weight excluding hydrogens is 446 g/mol. The number of amides is 1. The second-order valence-electron chi connectivity index (χ2n) is 9.88. The van der Waals surface area contributed by atoms with E-state index < -0.39 is 11.6 Å². The van der Waals surface area contributed by atoms with Gasteiger partial charge >= 0.3 is 0 Å². The molecule has 3 aromatic rings. The first-order valence-electron chi connectivity index (χ1n) is 11.4.